The van der Waals surface area contributed by atoms with Crippen LogP contribution >= 0.6 is 0 Å². The number of ether oxygens (including phenoxy) is 2. The molecule has 0 saturated carbocycles. The predicted molar refractivity (Wildman–Crippen MR) is 100 cm³/mol. The van der Waals surface area contributed by atoms with Gasteiger partial charge in [-0.15, -0.1) is 0 Å². The SMILES string of the molecule is COc1ccc(CNCC(O)CN[C@@H](C)c2ccc(OC)cc2)cc1. The summed E-state index contributed by atoms with van der Waals surface area (Å²) in [5.74, 6) is 1.69. The number of nitrogens with one attached hydrogen (secondary N) is 2. The van der Waals surface area contributed by atoms with E-state index in [0.29, 0.717) is 13.1 Å². The van der Waals surface area contributed by atoms with E-state index in [-0.39, 0.29) is 6.04 Å². The van der Waals surface area contributed by atoms with Crippen LogP contribution in [0.3, 0.4) is 0 Å². The molecule has 0 aliphatic carbocycles. The lowest BCUT2D eigenvalue weighted by Crippen LogP contribution is -2.36. The van der Waals surface area contributed by atoms with Crippen LogP contribution in [0.25, 0.3) is 0 Å². The highest BCUT2D eigenvalue weighted by atomic mass is 16.5. The summed E-state index contributed by atoms with van der Waals surface area (Å²) in [4.78, 5) is 0. The van der Waals surface area contributed by atoms with Gasteiger partial charge in [0, 0.05) is 25.7 Å². The third-order valence-electron chi connectivity index (χ3n) is 4.14. The van der Waals surface area contributed by atoms with Crippen molar-refractivity contribution in [3.8, 4) is 11.5 Å². The minimum atomic E-state index is -0.445. The van der Waals surface area contributed by atoms with Crippen LogP contribution in [0.2, 0.25) is 0 Å². The van der Waals surface area contributed by atoms with Gasteiger partial charge >= 0.3 is 0 Å². The van der Waals surface area contributed by atoms with Gasteiger partial charge in [-0.25, -0.2) is 0 Å². The lowest BCUT2D eigenvalue weighted by Gasteiger charge is -2.18. The number of aliphatic hydroxyl groups is 1. The Morgan fingerprint density at radius 2 is 1.44 bits per heavy atom. The molecule has 1 unspecified atom stereocenters. The summed E-state index contributed by atoms with van der Waals surface area (Å²) in [6, 6.07) is 16.0. The molecule has 2 aromatic rings. The van der Waals surface area contributed by atoms with E-state index < -0.39 is 6.10 Å². The number of benzene rings is 2. The smallest absolute Gasteiger partial charge is 0.118 e. The van der Waals surface area contributed by atoms with Crippen molar-refractivity contribution in [1.82, 2.24) is 10.6 Å². The van der Waals surface area contributed by atoms with Crippen LogP contribution in [-0.2, 0) is 6.54 Å². The average Bonchev–Trinajstić information content (AvgIpc) is 2.66. The molecule has 0 bridgehead atoms. The summed E-state index contributed by atoms with van der Waals surface area (Å²) in [6.07, 6.45) is -0.445. The number of aliphatic hydroxyl groups excluding tert-OH is 1. The summed E-state index contributed by atoms with van der Waals surface area (Å²) in [6.45, 7) is 3.87. The third kappa shape index (κ3) is 6.38. The second-order valence-corrected chi connectivity index (χ2v) is 6.04. The third-order valence-corrected chi connectivity index (χ3v) is 4.14. The highest BCUT2D eigenvalue weighted by Crippen LogP contribution is 2.17. The van der Waals surface area contributed by atoms with Gasteiger partial charge in [0.15, 0.2) is 0 Å². The average molecular weight is 344 g/mol. The molecule has 136 valence electrons. The Bertz CT molecular complexity index is 614. The molecule has 0 spiro atoms. The molecule has 2 rings (SSSR count). The maximum atomic E-state index is 10.1. The lowest BCUT2D eigenvalue weighted by molar-refractivity contribution is 0.164. The van der Waals surface area contributed by atoms with E-state index in [1.165, 1.54) is 5.56 Å². The summed E-state index contributed by atoms with van der Waals surface area (Å²) >= 11 is 0. The quantitative estimate of drug-likeness (QED) is 0.618. The normalized spacial score (nSPS) is 13.3. The molecule has 0 fully saturated rings. The molecule has 0 heterocycles. The van der Waals surface area contributed by atoms with Crippen LogP contribution in [-0.4, -0.2) is 38.5 Å². The first-order valence-corrected chi connectivity index (χ1v) is 8.51. The van der Waals surface area contributed by atoms with Crippen LogP contribution in [0, 0.1) is 0 Å². The Morgan fingerprint density at radius 1 is 0.880 bits per heavy atom. The zero-order valence-corrected chi connectivity index (χ0v) is 15.2. The Labute approximate surface area is 150 Å². The molecular weight excluding hydrogens is 316 g/mol. The maximum absolute atomic E-state index is 10.1. The molecule has 0 radical (unpaired) electrons. The minimum absolute atomic E-state index is 0.169. The van der Waals surface area contributed by atoms with E-state index in [4.69, 9.17) is 9.47 Å². The van der Waals surface area contributed by atoms with E-state index in [9.17, 15) is 5.11 Å². The largest absolute Gasteiger partial charge is 0.497 e. The molecule has 0 aliphatic rings. The first kappa shape index (κ1) is 19.2. The highest BCUT2D eigenvalue weighted by molar-refractivity contribution is 5.29. The van der Waals surface area contributed by atoms with Gasteiger partial charge in [-0.05, 0) is 42.3 Å². The van der Waals surface area contributed by atoms with Gasteiger partial charge in [0.25, 0.3) is 0 Å². The lowest BCUT2D eigenvalue weighted by atomic mass is 10.1. The fourth-order valence-electron chi connectivity index (χ4n) is 2.52. The van der Waals surface area contributed by atoms with Crippen LogP contribution in [0.1, 0.15) is 24.1 Å². The molecule has 5 nitrogen and oxygen atoms in total. The van der Waals surface area contributed by atoms with E-state index in [1.807, 2.05) is 48.5 Å². The molecule has 2 atom stereocenters. The van der Waals surface area contributed by atoms with Crippen LogP contribution < -0.4 is 20.1 Å². The van der Waals surface area contributed by atoms with E-state index in [1.54, 1.807) is 14.2 Å². The van der Waals surface area contributed by atoms with Crippen LogP contribution in [0.4, 0.5) is 0 Å². The van der Waals surface area contributed by atoms with Crippen molar-refractivity contribution in [3.05, 3.63) is 59.7 Å². The number of rotatable bonds is 10. The fraction of sp³-hybridized carbons (Fsp3) is 0.400. The van der Waals surface area contributed by atoms with Gasteiger partial charge in [-0.1, -0.05) is 24.3 Å². The first-order chi connectivity index (χ1) is 12.1. The monoisotopic (exact) mass is 344 g/mol. The van der Waals surface area contributed by atoms with E-state index >= 15 is 0 Å². The molecule has 3 N–H and O–H groups in total. The fourth-order valence-corrected chi connectivity index (χ4v) is 2.52. The molecule has 25 heavy (non-hydrogen) atoms. The van der Waals surface area contributed by atoms with Gasteiger partial charge < -0.3 is 25.2 Å². The van der Waals surface area contributed by atoms with E-state index in [2.05, 4.69) is 17.6 Å². The van der Waals surface area contributed by atoms with Crippen molar-refractivity contribution in [1.29, 1.82) is 0 Å². The van der Waals surface area contributed by atoms with Crippen molar-refractivity contribution in [2.24, 2.45) is 0 Å². The summed E-state index contributed by atoms with van der Waals surface area (Å²) in [5.41, 5.74) is 2.33. The number of methoxy groups -OCH3 is 2. The van der Waals surface area contributed by atoms with Crippen molar-refractivity contribution in [2.45, 2.75) is 25.6 Å². The zero-order chi connectivity index (χ0) is 18.1. The second-order valence-electron chi connectivity index (χ2n) is 6.04. The van der Waals surface area contributed by atoms with Gasteiger partial charge in [-0.2, -0.15) is 0 Å². The van der Waals surface area contributed by atoms with Gasteiger partial charge in [0.2, 0.25) is 0 Å². The molecular formula is C20H28N2O3. The van der Waals surface area contributed by atoms with Crippen molar-refractivity contribution >= 4 is 0 Å². The Kier molecular flexibility index (Phi) is 7.73. The minimum Gasteiger partial charge on any atom is -0.497 e. The van der Waals surface area contributed by atoms with Gasteiger partial charge in [-0.3, -0.25) is 0 Å². The molecule has 0 saturated heterocycles. The summed E-state index contributed by atoms with van der Waals surface area (Å²) in [7, 11) is 3.32. The Balaban J connectivity index is 1.67. The standard InChI is InChI=1S/C20H28N2O3/c1-15(17-6-10-20(25-3)11-7-17)22-14-18(23)13-21-12-16-4-8-19(24-2)9-5-16/h4-11,15,18,21-23H,12-14H2,1-3H3/t15-,18?/m0/s1. The number of hydrogen-bond acceptors (Lipinski definition) is 5. The van der Waals surface area contributed by atoms with Crippen molar-refractivity contribution in [2.75, 3.05) is 27.3 Å². The predicted octanol–water partition coefficient (Wildman–Crippen LogP) is 2.51. The van der Waals surface area contributed by atoms with Crippen LogP contribution in [0.15, 0.2) is 48.5 Å². The van der Waals surface area contributed by atoms with Crippen molar-refractivity contribution < 1.29 is 14.6 Å². The Hall–Kier alpha value is -2.08. The highest BCUT2D eigenvalue weighted by Gasteiger charge is 2.09. The maximum Gasteiger partial charge on any atom is 0.118 e. The molecule has 5 heteroatoms. The number of hydrogen-bond donors (Lipinski definition) is 3. The first-order valence-electron chi connectivity index (χ1n) is 8.51. The van der Waals surface area contributed by atoms with Crippen molar-refractivity contribution in [3.63, 3.8) is 0 Å². The summed E-state index contributed by atoms with van der Waals surface area (Å²) in [5, 5.41) is 16.7. The molecule has 0 amide bonds. The van der Waals surface area contributed by atoms with Gasteiger partial charge in [0.05, 0.1) is 20.3 Å². The molecule has 2 aromatic carbocycles. The Morgan fingerprint density at radius 3 is 2.00 bits per heavy atom. The second kappa shape index (κ2) is 10.0. The molecule has 0 aliphatic heterocycles. The van der Waals surface area contributed by atoms with Crippen LogP contribution in [0.5, 0.6) is 11.5 Å². The summed E-state index contributed by atoms with van der Waals surface area (Å²) < 4.78 is 10.3. The zero-order valence-electron chi connectivity index (χ0n) is 15.2. The van der Waals surface area contributed by atoms with Gasteiger partial charge in [0.1, 0.15) is 11.5 Å². The topological polar surface area (TPSA) is 62.8 Å². The molecule has 0 aromatic heterocycles. The van der Waals surface area contributed by atoms with E-state index in [0.717, 1.165) is 23.6 Å².